The average Bonchev–Trinajstić information content (AvgIpc) is 2.46. The summed E-state index contributed by atoms with van der Waals surface area (Å²) < 4.78 is 27.0. The number of rotatable bonds is 5. The van der Waals surface area contributed by atoms with Crippen LogP contribution in [0.25, 0.3) is 0 Å². The van der Waals surface area contributed by atoms with Gasteiger partial charge in [-0.3, -0.25) is 0 Å². The second kappa shape index (κ2) is 6.56. The third-order valence-corrected chi connectivity index (χ3v) is 5.31. The number of anilines is 1. The first-order valence-electron chi connectivity index (χ1n) is 7.09. The predicted octanol–water partition coefficient (Wildman–Crippen LogP) is 1.28. The van der Waals surface area contributed by atoms with Crippen molar-refractivity contribution in [3.63, 3.8) is 0 Å². The third kappa shape index (κ3) is 3.94. The van der Waals surface area contributed by atoms with Gasteiger partial charge in [-0.15, -0.1) is 0 Å². The predicted molar refractivity (Wildman–Crippen MR) is 80.9 cm³/mol. The number of hydrogen-bond acceptors (Lipinski definition) is 4. The number of piperidine rings is 1. The first-order valence-corrected chi connectivity index (χ1v) is 8.57. The minimum absolute atomic E-state index is 0.239. The van der Waals surface area contributed by atoms with Crippen molar-refractivity contribution in [3.8, 4) is 0 Å². The summed E-state index contributed by atoms with van der Waals surface area (Å²) in [6.45, 7) is 5.85. The summed E-state index contributed by atoms with van der Waals surface area (Å²) in [4.78, 5) is 2.63. The van der Waals surface area contributed by atoms with Crippen LogP contribution in [0.2, 0.25) is 0 Å². The van der Waals surface area contributed by atoms with Gasteiger partial charge in [-0.1, -0.05) is 13.0 Å². The topological polar surface area (TPSA) is 75.4 Å². The normalized spacial score (nSPS) is 18.2. The van der Waals surface area contributed by atoms with Crippen LogP contribution in [-0.4, -0.2) is 39.5 Å². The smallest absolute Gasteiger partial charge is 0.240 e. The van der Waals surface area contributed by atoms with Crippen molar-refractivity contribution in [2.45, 2.75) is 24.7 Å². The van der Waals surface area contributed by atoms with Gasteiger partial charge in [0.05, 0.1) is 4.90 Å². The average molecular weight is 297 g/mol. The molecule has 0 unspecified atom stereocenters. The highest BCUT2D eigenvalue weighted by Crippen LogP contribution is 2.18. The van der Waals surface area contributed by atoms with Crippen LogP contribution in [0.4, 0.5) is 5.69 Å². The molecule has 1 heterocycles. The number of nitrogens with zero attached hydrogens (tertiary/aromatic N) is 1. The maximum absolute atomic E-state index is 12.2. The minimum Gasteiger partial charge on any atom is -0.399 e. The molecule has 0 amide bonds. The fourth-order valence-electron chi connectivity index (χ4n) is 2.50. The summed E-state index contributed by atoms with van der Waals surface area (Å²) in [5.74, 6) is 0.425. The second-order valence-corrected chi connectivity index (χ2v) is 7.07. The Bertz CT molecular complexity index is 537. The highest BCUT2D eigenvalue weighted by Gasteiger charge is 2.21. The number of nitrogens with two attached hydrogens (primary N) is 1. The lowest BCUT2D eigenvalue weighted by Gasteiger charge is -2.30. The molecule has 0 aliphatic carbocycles. The van der Waals surface area contributed by atoms with E-state index in [0.717, 1.165) is 32.5 Å². The first kappa shape index (κ1) is 15.3. The Hall–Kier alpha value is -1.11. The number of nitrogens with one attached hydrogen (secondary N) is 1. The van der Waals surface area contributed by atoms with E-state index in [4.69, 9.17) is 5.73 Å². The fraction of sp³-hybridized carbons (Fsp3) is 0.571. The van der Waals surface area contributed by atoms with Crippen molar-refractivity contribution in [1.29, 1.82) is 0 Å². The minimum atomic E-state index is -3.44. The summed E-state index contributed by atoms with van der Waals surface area (Å²) in [6, 6.07) is 6.39. The number of hydrogen-bond donors (Lipinski definition) is 2. The van der Waals surface area contributed by atoms with E-state index in [1.165, 1.54) is 6.07 Å². The summed E-state index contributed by atoms with van der Waals surface area (Å²) in [7, 11) is -3.44. The molecule has 5 nitrogen and oxygen atoms in total. The summed E-state index contributed by atoms with van der Waals surface area (Å²) in [6.07, 6.45) is 2.10. The molecule has 1 aliphatic heterocycles. The van der Waals surface area contributed by atoms with Crippen LogP contribution in [-0.2, 0) is 10.0 Å². The number of likely N-dealkylation sites (tertiary alicyclic amines) is 1. The molecule has 0 saturated carbocycles. The van der Waals surface area contributed by atoms with Gasteiger partial charge < -0.3 is 10.6 Å². The van der Waals surface area contributed by atoms with Crippen molar-refractivity contribution in [2.75, 3.05) is 31.9 Å². The maximum atomic E-state index is 12.2. The van der Waals surface area contributed by atoms with E-state index in [2.05, 4.69) is 16.5 Å². The molecule has 0 bridgehead atoms. The monoisotopic (exact) mass is 297 g/mol. The number of nitrogen functional groups attached to an aromatic ring is 1. The Morgan fingerprint density at radius 2 is 2.05 bits per heavy atom. The molecule has 3 N–H and O–H groups in total. The van der Waals surface area contributed by atoms with Gasteiger partial charge in [-0.2, -0.15) is 0 Å². The molecule has 20 heavy (non-hydrogen) atoms. The molecule has 0 radical (unpaired) electrons. The summed E-state index contributed by atoms with van der Waals surface area (Å²) >= 11 is 0. The second-order valence-electron chi connectivity index (χ2n) is 5.30. The lowest BCUT2D eigenvalue weighted by atomic mass is 9.97. The fourth-order valence-corrected chi connectivity index (χ4v) is 3.67. The van der Waals surface area contributed by atoms with Gasteiger partial charge in [0.25, 0.3) is 0 Å². The number of benzene rings is 1. The van der Waals surface area contributed by atoms with Gasteiger partial charge in [0.1, 0.15) is 0 Å². The molecule has 0 aromatic heterocycles. The van der Waals surface area contributed by atoms with E-state index in [1.807, 2.05) is 0 Å². The van der Waals surface area contributed by atoms with Crippen LogP contribution >= 0.6 is 0 Å². The van der Waals surface area contributed by atoms with Crippen molar-refractivity contribution >= 4 is 15.7 Å². The van der Waals surface area contributed by atoms with Gasteiger partial charge in [-0.05, 0) is 56.6 Å². The highest BCUT2D eigenvalue weighted by atomic mass is 32.2. The maximum Gasteiger partial charge on any atom is 0.240 e. The van der Waals surface area contributed by atoms with Gasteiger partial charge in [0.2, 0.25) is 10.0 Å². The SMILES string of the molecule is CCN1CCC(CNS(=O)(=O)c2cccc(N)c2)CC1. The molecule has 1 aliphatic rings. The highest BCUT2D eigenvalue weighted by molar-refractivity contribution is 7.89. The standard InChI is InChI=1S/C14H23N3O2S/c1-2-17-8-6-12(7-9-17)11-16-20(18,19)14-5-3-4-13(15)10-14/h3-5,10,12,16H,2,6-9,11,15H2,1H3. The third-order valence-electron chi connectivity index (χ3n) is 3.88. The lowest BCUT2D eigenvalue weighted by molar-refractivity contribution is 0.194. The van der Waals surface area contributed by atoms with Crippen LogP contribution in [0.15, 0.2) is 29.2 Å². The van der Waals surface area contributed by atoms with E-state index >= 15 is 0 Å². The van der Waals surface area contributed by atoms with E-state index in [0.29, 0.717) is 18.2 Å². The lowest BCUT2D eigenvalue weighted by Crippen LogP contribution is -2.38. The van der Waals surface area contributed by atoms with Crippen LogP contribution in [0.3, 0.4) is 0 Å². The Labute approximate surface area is 121 Å². The molecule has 1 aromatic carbocycles. The quantitative estimate of drug-likeness (QED) is 0.803. The molecule has 1 aromatic rings. The van der Waals surface area contributed by atoms with E-state index < -0.39 is 10.0 Å². The molecule has 0 spiro atoms. The molecular formula is C14H23N3O2S. The molecule has 6 heteroatoms. The molecular weight excluding hydrogens is 274 g/mol. The Balaban J connectivity index is 1.90. The zero-order valence-corrected chi connectivity index (χ0v) is 12.7. The first-order chi connectivity index (χ1) is 9.51. The summed E-state index contributed by atoms with van der Waals surface area (Å²) in [5.41, 5.74) is 6.09. The Morgan fingerprint density at radius 3 is 2.65 bits per heavy atom. The molecule has 0 atom stereocenters. The Kier molecular flexibility index (Phi) is 5.01. The molecule has 112 valence electrons. The molecule has 1 fully saturated rings. The number of sulfonamides is 1. The van der Waals surface area contributed by atoms with Crippen LogP contribution in [0.5, 0.6) is 0 Å². The van der Waals surface area contributed by atoms with Gasteiger partial charge in [0.15, 0.2) is 0 Å². The van der Waals surface area contributed by atoms with Crippen LogP contribution in [0.1, 0.15) is 19.8 Å². The van der Waals surface area contributed by atoms with E-state index in [9.17, 15) is 8.42 Å². The van der Waals surface area contributed by atoms with Gasteiger partial charge in [0, 0.05) is 12.2 Å². The van der Waals surface area contributed by atoms with Crippen molar-refractivity contribution < 1.29 is 8.42 Å². The van der Waals surface area contributed by atoms with Crippen molar-refractivity contribution in [1.82, 2.24) is 9.62 Å². The van der Waals surface area contributed by atoms with Crippen molar-refractivity contribution in [3.05, 3.63) is 24.3 Å². The largest absolute Gasteiger partial charge is 0.399 e. The molecule has 2 rings (SSSR count). The Morgan fingerprint density at radius 1 is 1.35 bits per heavy atom. The van der Waals surface area contributed by atoms with E-state index in [1.54, 1.807) is 18.2 Å². The van der Waals surface area contributed by atoms with Crippen molar-refractivity contribution in [2.24, 2.45) is 5.92 Å². The van der Waals surface area contributed by atoms with Crippen LogP contribution < -0.4 is 10.5 Å². The van der Waals surface area contributed by atoms with Crippen LogP contribution in [0, 0.1) is 5.92 Å². The molecule has 1 saturated heterocycles. The van der Waals surface area contributed by atoms with Gasteiger partial charge >= 0.3 is 0 Å². The van der Waals surface area contributed by atoms with E-state index in [-0.39, 0.29) is 4.90 Å². The zero-order valence-electron chi connectivity index (χ0n) is 11.9. The zero-order chi connectivity index (χ0) is 14.6. The van der Waals surface area contributed by atoms with Gasteiger partial charge in [-0.25, -0.2) is 13.1 Å². The summed E-state index contributed by atoms with van der Waals surface area (Å²) in [5, 5.41) is 0.